The SMILES string of the molecule is CSCCC(N)C(=O)NC(CC(=O)O)C(=O)NC(CCC(=O)O)C(=O)NC(Cc1ccccc1)C(=O)O. The molecule has 4 unspecified atom stereocenters. The maximum absolute atomic E-state index is 12.9. The van der Waals surface area contributed by atoms with Gasteiger partial charge in [0.25, 0.3) is 0 Å². The van der Waals surface area contributed by atoms with Crippen molar-refractivity contribution in [1.29, 1.82) is 0 Å². The lowest BCUT2D eigenvalue weighted by Gasteiger charge is -2.24. The molecule has 1 aromatic rings. The minimum absolute atomic E-state index is 0.0762. The highest BCUT2D eigenvalue weighted by Crippen LogP contribution is 2.07. The summed E-state index contributed by atoms with van der Waals surface area (Å²) in [5, 5.41) is 34.5. The van der Waals surface area contributed by atoms with Gasteiger partial charge >= 0.3 is 17.9 Å². The van der Waals surface area contributed by atoms with Crippen LogP contribution in [0.3, 0.4) is 0 Å². The third-order valence-corrected chi connectivity index (χ3v) is 5.80. The van der Waals surface area contributed by atoms with E-state index in [0.717, 1.165) is 0 Å². The van der Waals surface area contributed by atoms with Gasteiger partial charge in [0.05, 0.1) is 12.5 Å². The Balaban J connectivity index is 3.02. The van der Waals surface area contributed by atoms with E-state index in [-0.39, 0.29) is 12.8 Å². The van der Waals surface area contributed by atoms with Crippen molar-refractivity contribution >= 4 is 47.4 Å². The van der Waals surface area contributed by atoms with Crippen molar-refractivity contribution in [2.45, 2.75) is 56.3 Å². The van der Waals surface area contributed by atoms with Crippen LogP contribution in [0.4, 0.5) is 0 Å². The molecule has 8 N–H and O–H groups in total. The number of carbonyl (C=O) groups is 6. The van der Waals surface area contributed by atoms with Crippen LogP contribution in [0.1, 0.15) is 31.2 Å². The number of hydrogen-bond donors (Lipinski definition) is 7. The van der Waals surface area contributed by atoms with Crippen molar-refractivity contribution in [3.63, 3.8) is 0 Å². The summed E-state index contributed by atoms with van der Waals surface area (Å²) in [5.41, 5.74) is 6.38. The number of aliphatic carboxylic acids is 3. The number of benzene rings is 1. The Bertz CT molecular complexity index is 961. The molecule has 1 rings (SSSR count). The zero-order valence-corrected chi connectivity index (χ0v) is 21.0. The molecule has 1 aromatic carbocycles. The molecular weight excluding hydrogens is 508 g/mol. The first-order valence-corrected chi connectivity index (χ1v) is 12.7. The molecule has 0 aromatic heterocycles. The van der Waals surface area contributed by atoms with Gasteiger partial charge in [-0.05, 0) is 30.4 Å². The van der Waals surface area contributed by atoms with Gasteiger partial charge in [-0.25, -0.2) is 4.79 Å². The second-order valence-electron chi connectivity index (χ2n) is 8.13. The molecule has 0 radical (unpaired) electrons. The average molecular weight is 541 g/mol. The molecule has 13 nitrogen and oxygen atoms in total. The first kappa shape index (κ1) is 31.4. The Morgan fingerprint density at radius 3 is 1.92 bits per heavy atom. The fraction of sp³-hybridized carbons (Fsp3) is 0.478. The smallest absolute Gasteiger partial charge is 0.326 e. The molecule has 4 atom stereocenters. The van der Waals surface area contributed by atoms with E-state index in [2.05, 4.69) is 16.0 Å². The summed E-state index contributed by atoms with van der Waals surface area (Å²) in [7, 11) is 0. The zero-order chi connectivity index (χ0) is 28.0. The fourth-order valence-corrected chi connectivity index (χ4v) is 3.66. The van der Waals surface area contributed by atoms with E-state index in [1.807, 2.05) is 6.26 Å². The van der Waals surface area contributed by atoms with Gasteiger partial charge in [0, 0.05) is 12.8 Å². The number of amides is 3. The molecule has 0 spiro atoms. The number of nitrogens with two attached hydrogens (primary N) is 1. The van der Waals surface area contributed by atoms with Crippen LogP contribution in [0.2, 0.25) is 0 Å². The maximum Gasteiger partial charge on any atom is 0.326 e. The number of rotatable bonds is 17. The number of thioether (sulfide) groups is 1. The quantitative estimate of drug-likeness (QED) is 0.129. The summed E-state index contributed by atoms with van der Waals surface area (Å²) in [6.07, 6.45) is 0.216. The van der Waals surface area contributed by atoms with Gasteiger partial charge in [0.1, 0.15) is 18.1 Å². The second kappa shape index (κ2) is 16.2. The summed E-state index contributed by atoms with van der Waals surface area (Å²) >= 11 is 1.44. The van der Waals surface area contributed by atoms with Gasteiger partial charge in [-0.2, -0.15) is 11.8 Å². The van der Waals surface area contributed by atoms with Gasteiger partial charge in [0.15, 0.2) is 0 Å². The highest BCUT2D eigenvalue weighted by molar-refractivity contribution is 7.98. The van der Waals surface area contributed by atoms with Crippen LogP contribution < -0.4 is 21.7 Å². The normalized spacial score (nSPS) is 13.9. The topological polar surface area (TPSA) is 225 Å². The summed E-state index contributed by atoms with van der Waals surface area (Å²) in [6, 6.07) is 2.93. The highest BCUT2D eigenvalue weighted by atomic mass is 32.2. The molecule has 0 aliphatic heterocycles. The van der Waals surface area contributed by atoms with Gasteiger partial charge in [-0.1, -0.05) is 30.3 Å². The minimum Gasteiger partial charge on any atom is -0.481 e. The Morgan fingerprint density at radius 2 is 1.38 bits per heavy atom. The van der Waals surface area contributed by atoms with Crippen LogP contribution in [0, 0.1) is 0 Å². The van der Waals surface area contributed by atoms with Crippen LogP contribution in [0.25, 0.3) is 0 Å². The van der Waals surface area contributed by atoms with E-state index in [0.29, 0.717) is 11.3 Å². The third kappa shape index (κ3) is 12.2. The standard InChI is InChI=1S/C23H32N4O9S/c1-37-10-9-14(24)20(32)26-16(12-19(30)31)22(34)25-15(7-8-18(28)29)21(33)27-17(23(35)36)11-13-5-3-2-4-6-13/h2-6,14-17H,7-12,24H2,1H3,(H,25,34)(H,26,32)(H,27,33)(H,28,29)(H,30,31)(H,35,36). The van der Waals surface area contributed by atoms with E-state index in [4.69, 9.17) is 10.8 Å². The van der Waals surface area contributed by atoms with Crippen molar-refractivity contribution in [3.8, 4) is 0 Å². The molecule has 0 fully saturated rings. The summed E-state index contributed by atoms with van der Waals surface area (Å²) < 4.78 is 0. The van der Waals surface area contributed by atoms with E-state index in [1.54, 1.807) is 30.3 Å². The van der Waals surface area contributed by atoms with Gasteiger partial charge < -0.3 is 37.0 Å². The largest absolute Gasteiger partial charge is 0.481 e. The van der Waals surface area contributed by atoms with E-state index < -0.39 is 79.1 Å². The molecule has 37 heavy (non-hydrogen) atoms. The Morgan fingerprint density at radius 1 is 0.811 bits per heavy atom. The van der Waals surface area contributed by atoms with Crippen LogP contribution in [0.5, 0.6) is 0 Å². The lowest BCUT2D eigenvalue weighted by molar-refractivity contribution is -0.143. The predicted molar refractivity (Wildman–Crippen MR) is 134 cm³/mol. The Kier molecular flexibility index (Phi) is 13.7. The van der Waals surface area contributed by atoms with Crippen molar-refractivity contribution in [2.24, 2.45) is 5.73 Å². The summed E-state index contributed by atoms with van der Waals surface area (Å²) in [6.45, 7) is 0. The van der Waals surface area contributed by atoms with Gasteiger partial charge in [-0.3, -0.25) is 24.0 Å². The van der Waals surface area contributed by atoms with Crippen LogP contribution in [-0.4, -0.2) is 87.1 Å². The van der Waals surface area contributed by atoms with E-state index in [1.165, 1.54) is 11.8 Å². The molecular formula is C23H32N4O9S. The molecule has 0 heterocycles. The molecule has 0 aliphatic carbocycles. The fourth-order valence-electron chi connectivity index (χ4n) is 3.17. The molecule has 0 saturated carbocycles. The van der Waals surface area contributed by atoms with Gasteiger partial charge in [-0.15, -0.1) is 0 Å². The summed E-state index contributed by atoms with van der Waals surface area (Å²) in [5.74, 6) is -6.30. The van der Waals surface area contributed by atoms with Crippen LogP contribution >= 0.6 is 11.8 Å². The Labute approximate surface area is 217 Å². The minimum atomic E-state index is -1.61. The lowest BCUT2D eigenvalue weighted by atomic mass is 10.0. The molecule has 0 saturated heterocycles. The van der Waals surface area contributed by atoms with E-state index >= 15 is 0 Å². The third-order valence-electron chi connectivity index (χ3n) is 5.16. The second-order valence-corrected chi connectivity index (χ2v) is 9.12. The predicted octanol–water partition coefficient (Wildman–Crippen LogP) is -0.812. The molecule has 0 aliphatic rings. The lowest BCUT2D eigenvalue weighted by Crippen LogP contribution is -2.57. The maximum atomic E-state index is 12.9. The zero-order valence-electron chi connectivity index (χ0n) is 20.2. The molecule has 3 amide bonds. The van der Waals surface area contributed by atoms with Crippen molar-refractivity contribution < 1.29 is 44.1 Å². The number of hydrogen-bond acceptors (Lipinski definition) is 8. The van der Waals surface area contributed by atoms with Crippen molar-refractivity contribution in [2.75, 3.05) is 12.0 Å². The van der Waals surface area contributed by atoms with E-state index in [9.17, 15) is 39.0 Å². The van der Waals surface area contributed by atoms with Crippen molar-refractivity contribution in [1.82, 2.24) is 16.0 Å². The molecule has 204 valence electrons. The van der Waals surface area contributed by atoms with Crippen LogP contribution in [-0.2, 0) is 35.2 Å². The monoisotopic (exact) mass is 540 g/mol. The number of carbonyl (C=O) groups excluding carboxylic acids is 3. The summed E-state index contributed by atoms with van der Waals surface area (Å²) in [4.78, 5) is 72.1. The molecule has 14 heteroatoms. The number of carboxylic acids is 3. The molecule has 0 bridgehead atoms. The van der Waals surface area contributed by atoms with Gasteiger partial charge in [0.2, 0.25) is 17.7 Å². The average Bonchev–Trinajstić information content (AvgIpc) is 2.83. The Hall–Kier alpha value is -3.65. The first-order chi connectivity index (χ1) is 17.4. The number of nitrogens with one attached hydrogen (secondary N) is 3. The van der Waals surface area contributed by atoms with Crippen molar-refractivity contribution in [3.05, 3.63) is 35.9 Å². The highest BCUT2D eigenvalue weighted by Gasteiger charge is 2.31. The first-order valence-electron chi connectivity index (χ1n) is 11.3. The van der Waals surface area contributed by atoms with Crippen LogP contribution in [0.15, 0.2) is 30.3 Å². The number of carboxylic acid groups (broad SMARTS) is 3.